The van der Waals surface area contributed by atoms with Crippen molar-refractivity contribution in [3.63, 3.8) is 0 Å². The molecule has 1 fully saturated rings. The van der Waals surface area contributed by atoms with Crippen LogP contribution in [0.3, 0.4) is 0 Å². The van der Waals surface area contributed by atoms with Gasteiger partial charge in [-0.3, -0.25) is 4.99 Å². The lowest BCUT2D eigenvalue weighted by molar-refractivity contribution is 0.0698. The van der Waals surface area contributed by atoms with Crippen LogP contribution in [0.1, 0.15) is 39.5 Å². The van der Waals surface area contributed by atoms with Crippen molar-refractivity contribution in [2.75, 3.05) is 53.6 Å². The molecule has 5 nitrogen and oxygen atoms in total. The number of aliphatic imine (C=N–C) groups is 1. The molecule has 0 radical (unpaired) electrons. The molecule has 1 aliphatic rings. The minimum absolute atomic E-state index is 0.667. The normalized spacial score (nSPS) is 19.2. The average Bonchev–Trinajstić information content (AvgIpc) is 3.01. The van der Waals surface area contributed by atoms with Crippen LogP contribution in [-0.4, -0.2) is 64.5 Å². The van der Waals surface area contributed by atoms with Gasteiger partial charge in [-0.15, -0.1) is 0 Å². The van der Waals surface area contributed by atoms with E-state index in [9.17, 15) is 0 Å². The van der Waals surface area contributed by atoms with Crippen LogP contribution in [0.2, 0.25) is 0 Å². The van der Waals surface area contributed by atoms with Crippen LogP contribution in [0.5, 0.6) is 0 Å². The van der Waals surface area contributed by atoms with Gasteiger partial charge < -0.3 is 19.7 Å². The maximum Gasteiger partial charge on any atom is 0.193 e. The highest BCUT2D eigenvalue weighted by atomic mass is 16.5. The molecule has 0 aromatic carbocycles. The third kappa shape index (κ3) is 6.53. The van der Waals surface area contributed by atoms with Crippen molar-refractivity contribution in [3.8, 4) is 0 Å². The van der Waals surface area contributed by atoms with Crippen molar-refractivity contribution in [3.05, 3.63) is 0 Å². The second kappa shape index (κ2) is 11.7. The first kappa shape index (κ1) is 19.2. The fourth-order valence-corrected chi connectivity index (χ4v) is 3.27. The summed E-state index contributed by atoms with van der Waals surface area (Å²) in [6.45, 7) is 9.92. The zero-order valence-electron chi connectivity index (χ0n) is 14.9. The molecular weight excluding hydrogens is 278 g/mol. The molecule has 5 heteroatoms. The summed E-state index contributed by atoms with van der Waals surface area (Å²) < 4.78 is 10.4. The second-order valence-electron chi connectivity index (χ2n) is 6.00. The minimum atomic E-state index is 0.667. The van der Waals surface area contributed by atoms with E-state index in [2.05, 4.69) is 29.1 Å². The maximum atomic E-state index is 5.47. The molecule has 1 atom stereocenters. The Labute approximate surface area is 136 Å². The van der Waals surface area contributed by atoms with Gasteiger partial charge >= 0.3 is 0 Å². The van der Waals surface area contributed by atoms with Crippen LogP contribution in [-0.2, 0) is 9.47 Å². The number of ether oxygens (including phenoxy) is 2. The smallest absolute Gasteiger partial charge is 0.193 e. The number of rotatable bonds is 10. The molecule has 1 rings (SSSR count). The minimum Gasteiger partial charge on any atom is -0.382 e. The van der Waals surface area contributed by atoms with E-state index in [-0.39, 0.29) is 0 Å². The molecule has 0 aliphatic carbocycles. The molecule has 0 amide bonds. The maximum absolute atomic E-state index is 5.47. The van der Waals surface area contributed by atoms with Gasteiger partial charge in [0.25, 0.3) is 0 Å². The lowest BCUT2D eigenvalue weighted by atomic mass is 9.87. The highest BCUT2D eigenvalue weighted by Crippen LogP contribution is 2.28. The van der Waals surface area contributed by atoms with E-state index in [1.807, 2.05) is 7.05 Å². The van der Waals surface area contributed by atoms with Gasteiger partial charge in [-0.05, 0) is 24.7 Å². The quantitative estimate of drug-likeness (QED) is 0.382. The predicted molar refractivity (Wildman–Crippen MR) is 92.4 cm³/mol. The Morgan fingerprint density at radius 1 is 1.27 bits per heavy atom. The Morgan fingerprint density at radius 2 is 2.05 bits per heavy atom. The molecule has 130 valence electrons. The number of nitrogens with zero attached hydrogens (tertiary/aromatic N) is 2. The number of guanidine groups is 1. The van der Waals surface area contributed by atoms with Crippen molar-refractivity contribution in [2.45, 2.75) is 39.5 Å². The number of nitrogens with one attached hydrogen (secondary N) is 1. The SMILES string of the molecule is CCC(CC)C1CCN(C(=NC)NCCCOCCOC)C1. The first-order valence-electron chi connectivity index (χ1n) is 8.79. The molecule has 0 saturated carbocycles. The predicted octanol–water partition coefficient (Wildman–Crippen LogP) is 2.37. The first-order valence-corrected chi connectivity index (χ1v) is 8.79. The van der Waals surface area contributed by atoms with E-state index in [0.29, 0.717) is 13.2 Å². The Balaban J connectivity index is 2.22. The van der Waals surface area contributed by atoms with E-state index in [1.165, 1.54) is 19.3 Å². The molecule has 1 N–H and O–H groups in total. The Hall–Kier alpha value is -0.810. The van der Waals surface area contributed by atoms with Crippen molar-refractivity contribution < 1.29 is 9.47 Å². The van der Waals surface area contributed by atoms with Crippen molar-refractivity contribution in [1.82, 2.24) is 10.2 Å². The average molecular weight is 313 g/mol. The molecule has 1 unspecified atom stereocenters. The van der Waals surface area contributed by atoms with Crippen LogP contribution < -0.4 is 5.32 Å². The number of likely N-dealkylation sites (tertiary alicyclic amines) is 1. The Kier molecular flexibility index (Phi) is 10.2. The van der Waals surface area contributed by atoms with Gasteiger partial charge in [0.1, 0.15) is 0 Å². The summed E-state index contributed by atoms with van der Waals surface area (Å²) in [5, 5.41) is 3.46. The molecule has 0 spiro atoms. The standard InChI is InChI=1S/C17H35N3O2/c1-5-15(6-2)16-8-10-20(14-16)17(18-3)19-9-7-11-22-13-12-21-4/h15-16H,5-14H2,1-4H3,(H,18,19). The van der Waals surface area contributed by atoms with Crippen molar-refractivity contribution >= 4 is 5.96 Å². The zero-order valence-corrected chi connectivity index (χ0v) is 14.9. The summed E-state index contributed by atoms with van der Waals surface area (Å²) in [6, 6.07) is 0. The number of hydrogen-bond acceptors (Lipinski definition) is 3. The second-order valence-corrected chi connectivity index (χ2v) is 6.00. The Bertz CT molecular complexity index is 306. The van der Waals surface area contributed by atoms with Crippen LogP contribution in [0.15, 0.2) is 4.99 Å². The number of methoxy groups -OCH3 is 1. The van der Waals surface area contributed by atoms with Gasteiger partial charge in [0.15, 0.2) is 5.96 Å². The molecule has 0 aromatic rings. The third-order valence-corrected chi connectivity index (χ3v) is 4.63. The lowest BCUT2D eigenvalue weighted by Gasteiger charge is -2.24. The molecule has 1 aliphatic heterocycles. The van der Waals surface area contributed by atoms with Crippen LogP contribution in [0.25, 0.3) is 0 Å². The van der Waals surface area contributed by atoms with Crippen molar-refractivity contribution in [1.29, 1.82) is 0 Å². The fraction of sp³-hybridized carbons (Fsp3) is 0.941. The molecule has 0 aromatic heterocycles. The van der Waals surface area contributed by atoms with Gasteiger partial charge in [0.05, 0.1) is 13.2 Å². The summed E-state index contributed by atoms with van der Waals surface area (Å²) in [5.74, 6) is 2.73. The molecular formula is C17H35N3O2. The van der Waals surface area contributed by atoms with Gasteiger partial charge in [-0.2, -0.15) is 0 Å². The zero-order chi connectivity index (χ0) is 16.2. The molecule has 1 heterocycles. The summed E-state index contributed by atoms with van der Waals surface area (Å²) in [4.78, 5) is 6.84. The lowest BCUT2D eigenvalue weighted by Crippen LogP contribution is -2.41. The van der Waals surface area contributed by atoms with Crippen LogP contribution in [0, 0.1) is 11.8 Å². The number of hydrogen-bond donors (Lipinski definition) is 1. The molecule has 0 bridgehead atoms. The summed E-state index contributed by atoms with van der Waals surface area (Å²) in [6.07, 6.45) is 4.87. The van der Waals surface area contributed by atoms with Gasteiger partial charge in [0, 0.05) is 40.4 Å². The van der Waals surface area contributed by atoms with Gasteiger partial charge in [0.2, 0.25) is 0 Å². The van der Waals surface area contributed by atoms with Crippen LogP contribution >= 0.6 is 0 Å². The van der Waals surface area contributed by atoms with Crippen molar-refractivity contribution in [2.24, 2.45) is 16.8 Å². The Morgan fingerprint density at radius 3 is 2.68 bits per heavy atom. The van der Waals surface area contributed by atoms with E-state index in [4.69, 9.17) is 9.47 Å². The fourth-order valence-electron chi connectivity index (χ4n) is 3.27. The van der Waals surface area contributed by atoms with Crippen LogP contribution in [0.4, 0.5) is 0 Å². The van der Waals surface area contributed by atoms with Gasteiger partial charge in [-0.25, -0.2) is 0 Å². The van der Waals surface area contributed by atoms with E-state index in [0.717, 1.165) is 50.5 Å². The largest absolute Gasteiger partial charge is 0.382 e. The van der Waals surface area contributed by atoms with E-state index in [1.54, 1.807) is 7.11 Å². The third-order valence-electron chi connectivity index (χ3n) is 4.63. The summed E-state index contributed by atoms with van der Waals surface area (Å²) in [5.41, 5.74) is 0. The van der Waals surface area contributed by atoms with E-state index < -0.39 is 0 Å². The molecule has 22 heavy (non-hydrogen) atoms. The highest BCUT2D eigenvalue weighted by Gasteiger charge is 2.29. The van der Waals surface area contributed by atoms with Gasteiger partial charge in [-0.1, -0.05) is 26.7 Å². The topological polar surface area (TPSA) is 46.1 Å². The molecule has 1 saturated heterocycles. The summed E-state index contributed by atoms with van der Waals surface area (Å²) >= 11 is 0. The monoisotopic (exact) mass is 313 g/mol. The highest BCUT2D eigenvalue weighted by molar-refractivity contribution is 5.80. The summed E-state index contributed by atoms with van der Waals surface area (Å²) in [7, 11) is 3.57. The first-order chi connectivity index (χ1) is 10.8. The van der Waals surface area contributed by atoms with E-state index >= 15 is 0 Å².